The van der Waals surface area contributed by atoms with Crippen LogP contribution in [0.25, 0.3) is 10.8 Å². The molecule has 1 aliphatic rings. The lowest BCUT2D eigenvalue weighted by molar-refractivity contribution is 0.102. The first-order chi connectivity index (χ1) is 14.9. The molecule has 1 aromatic heterocycles. The molecule has 2 heterocycles. The number of aromatic nitrogens is 2. The minimum Gasteiger partial charge on any atom is -0.321 e. The fraction of sp³-hybridized carbons (Fsp3) is 0.318. The van der Waals surface area contributed by atoms with Gasteiger partial charge in [0, 0.05) is 24.2 Å². The zero-order valence-corrected chi connectivity index (χ0v) is 18.0. The van der Waals surface area contributed by atoms with Gasteiger partial charge in [0.1, 0.15) is 0 Å². The molecule has 3 aromatic rings. The fourth-order valence-electron chi connectivity index (χ4n) is 3.85. The van der Waals surface area contributed by atoms with E-state index in [1.165, 1.54) is 10.4 Å². The number of sulfonamides is 1. The van der Waals surface area contributed by atoms with Crippen LogP contribution in [0.3, 0.4) is 0 Å². The van der Waals surface area contributed by atoms with Gasteiger partial charge in [-0.25, -0.2) is 13.5 Å². The van der Waals surface area contributed by atoms with Crippen LogP contribution >= 0.6 is 0 Å². The van der Waals surface area contributed by atoms with E-state index in [0.717, 1.165) is 25.7 Å². The van der Waals surface area contributed by atoms with E-state index in [2.05, 4.69) is 15.5 Å². The summed E-state index contributed by atoms with van der Waals surface area (Å²) in [6, 6.07) is 11.5. The van der Waals surface area contributed by atoms with Gasteiger partial charge >= 0.3 is 0 Å². The van der Waals surface area contributed by atoms with Gasteiger partial charge in [0.25, 0.3) is 11.5 Å². The molecule has 0 unspecified atom stereocenters. The molecule has 0 bridgehead atoms. The first kappa shape index (κ1) is 21.2. The van der Waals surface area contributed by atoms with Crippen LogP contribution in [-0.2, 0) is 10.0 Å². The Bertz CT molecular complexity index is 1290. The van der Waals surface area contributed by atoms with Gasteiger partial charge in [0.05, 0.1) is 10.3 Å². The number of hydrogen-bond donors (Lipinski definition) is 2. The van der Waals surface area contributed by atoms with Crippen molar-refractivity contribution in [2.75, 3.05) is 18.4 Å². The van der Waals surface area contributed by atoms with Gasteiger partial charge in [-0.05, 0) is 43.5 Å². The number of H-pyrrole nitrogens is 1. The predicted molar refractivity (Wildman–Crippen MR) is 119 cm³/mol. The molecule has 162 valence electrons. The summed E-state index contributed by atoms with van der Waals surface area (Å²) >= 11 is 0. The number of nitrogens with one attached hydrogen (secondary N) is 2. The van der Waals surface area contributed by atoms with Crippen molar-refractivity contribution in [1.82, 2.24) is 14.5 Å². The molecule has 1 aliphatic heterocycles. The van der Waals surface area contributed by atoms with Crippen molar-refractivity contribution in [3.63, 3.8) is 0 Å². The molecular formula is C22H24N4O4S. The summed E-state index contributed by atoms with van der Waals surface area (Å²) < 4.78 is 28.0. The molecule has 1 fully saturated rings. The summed E-state index contributed by atoms with van der Waals surface area (Å²) in [5.41, 5.74) is 0.650. The maximum Gasteiger partial charge on any atom is 0.276 e. The van der Waals surface area contributed by atoms with E-state index in [0.29, 0.717) is 35.1 Å². The van der Waals surface area contributed by atoms with E-state index >= 15 is 0 Å². The molecule has 1 saturated heterocycles. The number of aromatic amines is 1. The van der Waals surface area contributed by atoms with Crippen LogP contribution in [0, 0.1) is 6.92 Å². The van der Waals surface area contributed by atoms with E-state index in [1.54, 1.807) is 43.3 Å². The average molecular weight is 441 g/mol. The van der Waals surface area contributed by atoms with Crippen LogP contribution in [0.1, 0.15) is 41.7 Å². The molecule has 9 heteroatoms. The number of fused-ring (bicyclic) bond motifs is 1. The van der Waals surface area contributed by atoms with Crippen LogP contribution in [0.4, 0.5) is 5.69 Å². The Morgan fingerprint density at radius 1 is 1.03 bits per heavy atom. The largest absolute Gasteiger partial charge is 0.321 e. The van der Waals surface area contributed by atoms with E-state index in [9.17, 15) is 18.0 Å². The number of aryl methyl sites for hydroxylation is 1. The molecule has 2 aromatic carbocycles. The van der Waals surface area contributed by atoms with Crippen LogP contribution < -0.4 is 10.9 Å². The number of carbonyl (C=O) groups is 1. The van der Waals surface area contributed by atoms with Crippen molar-refractivity contribution in [3.8, 4) is 0 Å². The highest BCUT2D eigenvalue weighted by molar-refractivity contribution is 7.89. The Balaban J connectivity index is 1.66. The first-order valence-corrected chi connectivity index (χ1v) is 11.7. The lowest BCUT2D eigenvalue weighted by atomic mass is 10.1. The van der Waals surface area contributed by atoms with Gasteiger partial charge in [-0.2, -0.15) is 9.40 Å². The van der Waals surface area contributed by atoms with E-state index in [-0.39, 0.29) is 16.1 Å². The van der Waals surface area contributed by atoms with Gasteiger partial charge in [-0.3, -0.25) is 9.59 Å². The molecule has 31 heavy (non-hydrogen) atoms. The summed E-state index contributed by atoms with van der Waals surface area (Å²) in [5, 5.41) is 9.73. The number of nitrogens with zero attached hydrogens (tertiary/aromatic N) is 2. The molecule has 2 N–H and O–H groups in total. The summed E-state index contributed by atoms with van der Waals surface area (Å²) in [4.78, 5) is 25.0. The lowest BCUT2D eigenvalue weighted by Crippen LogP contribution is -2.32. The highest BCUT2D eigenvalue weighted by Gasteiger charge is 2.27. The van der Waals surface area contributed by atoms with Gasteiger partial charge in [0.2, 0.25) is 10.0 Å². The monoisotopic (exact) mass is 440 g/mol. The molecular weight excluding hydrogens is 416 g/mol. The molecule has 1 amide bonds. The first-order valence-electron chi connectivity index (χ1n) is 10.3. The maximum absolute atomic E-state index is 13.2. The van der Waals surface area contributed by atoms with Gasteiger partial charge in [-0.15, -0.1) is 0 Å². The number of amides is 1. The Kier molecular flexibility index (Phi) is 5.88. The van der Waals surface area contributed by atoms with Crippen molar-refractivity contribution in [2.24, 2.45) is 0 Å². The molecule has 4 rings (SSSR count). The molecule has 0 radical (unpaired) electrons. The van der Waals surface area contributed by atoms with Crippen LogP contribution in [0.5, 0.6) is 0 Å². The summed E-state index contributed by atoms with van der Waals surface area (Å²) in [6.45, 7) is 2.75. The Hall–Kier alpha value is -3.04. The second-order valence-corrected chi connectivity index (χ2v) is 9.61. The number of rotatable bonds is 4. The Labute approximate surface area is 180 Å². The minimum atomic E-state index is -3.66. The Morgan fingerprint density at radius 2 is 1.71 bits per heavy atom. The topological polar surface area (TPSA) is 112 Å². The molecule has 0 atom stereocenters. The number of anilines is 1. The summed E-state index contributed by atoms with van der Waals surface area (Å²) in [7, 11) is -3.66. The maximum atomic E-state index is 13.2. The van der Waals surface area contributed by atoms with Crippen molar-refractivity contribution in [1.29, 1.82) is 0 Å². The third kappa shape index (κ3) is 4.24. The molecule has 0 saturated carbocycles. The second-order valence-electron chi connectivity index (χ2n) is 7.70. The van der Waals surface area contributed by atoms with Crippen molar-refractivity contribution < 1.29 is 13.2 Å². The standard InChI is InChI=1S/C22H24N4O4S/c1-15-10-11-16(14-19(15)31(29,30)26-12-6-2-3-7-13-26)23-22(28)20-17-8-4-5-9-18(17)21(27)25-24-20/h4-5,8-11,14H,2-3,6-7,12-13H2,1H3,(H,23,28)(H,25,27). The number of hydrogen-bond acceptors (Lipinski definition) is 5. The van der Waals surface area contributed by atoms with Crippen LogP contribution in [0.2, 0.25) is 0 Å². The molecule has 0 spiro atoms. The normalized spacial score (nSPS) is 15.5. The third-order valence-corrected chi connectivity index (χ3v) is 7.58. The lowest BCUT2D eigenvalue weighted by Gasteiger charge is -2.21. The highest BCUT2D eigenvalue weighted by atomic mass is 32.2. The van der Waals surface area contributed by atoms with Crippen molar-refractivity contribution in [2.45, 2.75) is 37.5 Å². The van der Waals surface area contributed by atoms with Crippen LogP contribution in [0.15, 0.2) is 52.2 Å². The second kappa shape index (κ2) is 8.60. The van der Waals surface area contributed by atoms with Crippen LogP contribution in [-0.4, -0.2) is 41.9 Å². The summed E-state index contributed by atoms with van der Waals surface area (Å²) in [6.07, 6.45) is 3.75. The van der Waals surface area contributed by atoms with E-state index in [4.69, 9.17) is 0 Å². The predicted octanol–water partition coefficient (Wildman–Crippen LogP) is 3.05. The SMILES string of the molecule is Cc1ccc(NC(=O)c2n[nH]c(=O)c3ccccc23)cc1S(=O)(=O)N1CCCCCC1. The van der Waals surface area contributed by atoms with E-state index < -0.39 is 15.9 Å². The third-order valence-electron chi connectivity index (χ3n) is 5.54. The van der Waals surface area contributed by atoms with Gasteiger partial charge < -0.3 is 5.32 Å². The van der Waals surface area contributed by atoms with Gasteiger partial charge in [-0.1, -0.05) is 37.1 Å². The number of benzene rings is 2. The molecule has 8 nitrogen and oxygen atoms in total. The fourth-order valence-corrected chi connectivity index (χ4v) is 5.62. The molecule has 0 aliphatic carbocycles. The minimum absolute atomic E-state index is 0.0627. The van der Waals surface area contributed by atoms with E-state index in [1.807, 2.05) is 0 Å². The highest BCUT2D eigenvalue weighted by Crippen LogP contribution is 2.26. The average Bonchev–Trinajstić information content (AvgIpc) is 3.05. The smallest absolute Gasteiger partial charge is 0.276 e. The zero-order chi connectivity index (χ0) is 22.0. The quantitative estimate of drug-likeness (QED) is 0.648. The summed E-state index contributed by atoms with van der Waals surface area (Å²) in [5.74, 6) is -0.533. The van der Waals surface area contributed by atoms with Crippen molar-refractivity contribution in [3.05, 3.63) is 64.1 Å². The zero-order valence-electron chi connectivity index (χ0n) is 17.2. The van der Waals surface area contributed by atoms with Crippen molar-refractivity contribution >= 4 is 32.4 Å². The number of carbonyl (C=O) groups excluding carboxylic acids is 1. The van der Waals surface area contributed by atoms with Gasteiger partial charge in [0.15, 0.2) is 5.69 Å². The Morgan fingerprint density at radius 3 is 2.42 bits per heavy atom.